The van der Waals surface area contributed by atoms with Crippen molar-refractivity contribution in [1.82, 2.24) is 35.3 Å². The van der Waals surface area contributed by atoms with E-state index in [0.29, 0.717) is 28.9 Å². The lowest BCUT2D eigenvalue weighted by Gasteiger charge is -2.51. The van der Waals surface area contributed by atoms with Crippen LogP contribution in [-0.4, -0.2) is 73.8 Å². The molecule has 0 radical (unpaired) electrons. The first-order chi connectivity index (χ1) is 31.1. The summed E-state index contributed by atoms with van der Waals surface area (Å²) in [6, 6.07) is 17.7. The van der Waals surface area contributed by atoms with E-state index in [1.54, 1.807) is 29.9 Å². The molecule has 13 nitrogen and oxygen atoms in total. The van der Waals surface area contributed by atoms with Crippen LogP contribution < -0.4 is 20.3 Å². The largest absolute Gasteiger partial charge is 0.490 e. The van der Waals surface area contributed by atoms with Crippen LogP contribution in [0.15, 0.2) is 76.5 Å². The van der Waals surface area contributed by atoms with E-state index in [0.717, 1.165) is 114 Å². The Labute approximate surface area is 382 Å². The van der Waals surface area contributed by atoms with E-state index in [9.17, 15) is 4.79 Å². The van der Waals surface area contributed by atoms with Gasteiger partial charge in [0, 0.05) is 59.7 Å². The van der Waals surface area contributed by atoms with Crippen molar-refractivity contribution < 1.29 is 13.9 Å². The highest BCUT2D eigenvalue weighted by molar-refractivity contribution is 7.15. The van der Waals surface area contributed by atoms with Gasteiger partial charge in [-0.15, -0.1) is 31.7 Å². The highest BCUT2D eigenvalue weighted by atomic mass is 35.5. The fraction of sp³-hybridized carbons (Fsp3) is 0.408. The van der Waals surface area contributed by atoms with Crippen LogP contribution in [0.2, 0.25) is 5.02 Å². The fourth-order valence-corrected chi connectivity index (χ4v) is 11.4. The summed E-state index contributed by atoms with van der Waals surface area (Å²) >= 11 is 8.09. The number of carbonyl (C=O) groups is 1. The van der Waals surface area contributed by atoms with Gasteiger partial charge in [-0.3, -0.25) is 14.4 Å². The molecule has 15 heteroatoms. The number of nitrogens with one attached hydrogen (secondary N) is 2. The zero-order chi connectivity index (χ0) is 44.0. The zero-order valence-corrected chi connectivity index (χ0v) is 38.1. The van der Waals surface area contributed by atoms with Gasteiger partial charge in [-0.05, 0) is 120 Å². The standard InChI is InChI=1S/C49H51ClN10O3S/c1-29-30(2)64-48-44(29)45(54-41(25-43-52-21-23-62-43)46-58-55-31(3)60(46)48)34-10-8-32(9-11-34)6-7-33-26-49(27-33)20-5-22-59(28-49)42-19-18-40(56-57-42)47(61)53-35-12-14-36(15-13-35)63-37-16-17-39(51-4)38(50)24-37/h8-11,16-19,21,23-24,33,35-36,41,51H,5,12-15,20,22,25-28H2,1-4H3,(H,53,61)/t33?,35?,36?,41-,49?/m0/s1. The maximum Gasteiger partial charge on any atom is 0.272 e. The van der Waals surface area contributed by atoms with Crippen LogP contribution in [0.3, 0.4) is 0 Å². The van der Waals surface area contributed by atoms with Crippen molar-refractivity contribution in [3.05, 3.63) is 122 Å². The molecule has 0 bridgehead atoms. The molecule has 10 rings (SSSR count). The van der Waals surface area contributed by atoms with E-state index in [-0.39, 0.29) is 29.5 Å². The molecule has 4 aliphatic rings. The van der Waals surface area contributed by atoms with Gasteiger partial charge in [0.15, 0.2) is 23.2 Å². The van der Waals surface area contributed by atoms with Crippen LogP contribution >= 0.6 is 22.9 Å². The Hall–Kier alpha value is -6.04. The Bertz CT molecular complexity index is 2760. The number of oxazole rings is 1. The first-order valence-electron chi connectivity index (χ1n) is 22.3. The summed E-state index contributed by atoms with van der Waals surface area (Å²) in [5, 5.41) is 25.9. The number of anilines is 2. The van der Waals surface area contributed by atoms with Gasteiger partial charge in [-0.25, -0.2) is 4.98 Å². The number of hydrogen-bond acceptors (Lipinski definition) is 12. The summed E-state index contributed by atoms with van der Waals surface area (Å²) in [7, 11) is 1.84. The van der Waals surface area contributed by atoms with Gasteiger partial charge >= 0.3 is 0 Å². The molecule has 1 spiro atoms. The normalized spacial score (nSPS) is 22.6. The van der Waals surface area contributed by atoms with E-state index < -0.39 is 0 Å². The van der Waals surface area contributed by atoms with Crippen LogP contribution in [0.1, 0.15) is 113 Å². The number of aromatic nitrogens is 6. The second-order valence-corrected chi connectivity index (χ2v) is 19.3. The van der Waals surface area contributed by atoms with Gasteiger partial charge < -0.3 is 24.7 Å². The maximum atomic E-state index is 13.2. The van der Waals surface area contributed by atoms with Gasteiger partial charge in [0.1, 0.15) is 28.9 Å². The average Bonchev–Trinajstić information content (AvgIpc) is 4.01. The molecule has 2 aromatic carbocycles. The Morgan fingerprint density at radius 3 is 2.58 bits per heavy atom. The molecular weight excluding hydrogens is 844 g/mol. The molecular formula is C49H51ClN10O3S. The van der Waals surface area contributed by atoms with Crippen molar-refractivity contribution in [3.8, 4) is 22.6 Å². The lowest BCUT2D eigenvalue weighted by atomic mass is 9.58. The highest BCUT2D eigenvalue weighted by Crippen LogP contribution is 2.51. The molecule has 328 valence electrons. The van der Waals surface area contributed by atoms with Gasteiger partial charge in [0.05, 0.1) is 35.1 Å². The molecule has 6 aromatic rings. The van der Waals surface area contributed by atoms with Gasteiger partial charge in [-0.2, -0.15) is 0 Å². The molecule has 0 unspecified atom stereocenters. The minimum atomic E-state index is -0.314. The Kier molecular flexibility index (Phi) is 11.5. The number of nitrogens with zero attached hydrogens (tertiary/aromatic N) is 8. The third-order valence-electron chi connectivity index (χ3n) is 13.4. The molecule has 1 saturated heterocycles. The predicted octanol–water partition coefficient (Wildman–Crippen LogP) is 9.03. The van der Waals surface area contributed by atoms with E-state index in [2.05, 4.69) is 95.4 Å². The summed E-state index contributed by atoms with van der Waals surface area (Å²) in [6.07, 6.45) is 11.6. The first kappa shape index (κ1) is 41.9. The number of fused-ring (bicyclic) bond motifs is 3. The number of amides is 1. The summed E-state index contributed by atoms with van der Waals surface area (Å²) in [5.41, 5.74) is 6.72. The zero-order valence-electron chi connectivity index (χ0n) is 36.5. The van der Waals surface area contributed by atoms with Gasteiger partial charge in [0.25, 0.3) is 5.91 Å². The SMILES string of the molecule is CNc1ccc(OC2CCC(NC(=O)c3ccc(N4CCCC5(CC(C#Cc6ccc(C7=N[C@@H](Cc8ncco8)c8nnc(C)n8-c8sc(C)c(C)c87)cc6)C5)C4)nn3)CC2)cc1Cl. The molecule has 6 heterocycles. The number of aliphatic imine (C=N–C) groups is 1. The average molecular weight is 896 g/mol. The Morgan fingerprint density at radius 1 is 1.02 bits per heavy atom. The maximum absolute atomic E-state index is 13.2. The lowest BCUT2D eigenvalue weighted by molar-refractivity contribution is 0.0684. The van der Waals surface area contributed by atoms with E-state index in [4.69, 9.17) is 25.7 Å². The monoisotopic (exact) mass is 894 g/mol. The number of benzene rings is 2. The van der Waals surface area contributed by atoms with Crippen LogP contribution in [-0.2, 0) is 6.42 Å². The van der Waals surface area contributed by atoms with E-state index in [1.807, 2.05) is 38.2 Å². The molecule has 2 N–H and O–H groups in total. The molecule has 1 atom stereocenters. The minimum Gasteiger partial charge on any atom is -0.490 e. The van der Waals surface area contributed by atoms with Crippen molar-refractivity contribution in [2.75, 3.05) is 30.4 Å². The topological polar surface area (TPSA) is 148 Å². The Morgan fingerprint density at radius 2 is 1.84 bits per heavy atom. The predicted molar refractivity (Wildman–Crippen MR) is 249 cm³/mol. The summed E-state index contributed by atoms with van der Waals surface area (Å²) in [6.45, 7) is 8.17. The third kappa shape index (κ3) is 8.39. The molecule has 2 aliphatic carbocycles. The highest BCUT2D eigenvalue weighted by Gasteiger charge is 2.46. The second-order valence-electron chi connectivity index (χ2n) is 17.7. The molecule has 4 aromatic heterocycles. The summed E-state index contributed by atoms with van der Waals surface area (Å²) in [5.74, 6) is 11.1. The summed E-state index contributed by atoms with van der Waals surface area (Å²) in [4.78, 5) is 26.5. The van der Waals surface area contributed by atoms with Crippen molar-refractivity contribution in [3.63, 3.8) is 0 Å². The third-order valence-corrected chi connectivity index (χ3v) is 14.9. The van der Waals surface area contributed by atoms with Crippen LogP contribution in [0, 0.1) is 43.9 Å². The van der Waals surface area contributed by atoms with Crippen LogP contribution in [0.5, 0.6) is 5.75 Å². The lowest BCUT2D eigenvalue weighted by Crippen LogP contribution is -2.50. The number of thiophene rings is 1. The molecule has 2 saturated carbocycles. The van der Waals surface area contributed by atoms with Crippen molar-refractivity contribution in [2.45, 2.75) is 96.7 Å². The number of aryl methyl sites for hydroxylation is 2. The number of ether oxygens (including phenoxy) is 1. The number of hydrogen-bond donors (Lipinski definition) is 2. The van der Waals surface area contributed by atoms with Crippen molar-refractivity contribution >= 4 is 46.1 Å². The smallest absolute Gasteiger partial charge is 0.272 e. The fourth-order valence-electron chi connectivity index (χ4n) is 9.93. The van der Waals surface area contributed by atoms with Crippen molar-refractivity contribution in [1.29, 1.82) is 0 Å². The van der Waals surface area contributed by atoms with E-state index in [1.165, 1.54) is 16.9 Å². The Balaban J connectivity index is 0.742. The molecule has 1 amide bonds. The van der Waals surface area contributed by atoms with E-state index >= 15 is 0 Å². The first-order valence-corrected chi connectivity index (χ1v) is 23.5. The minimum absolute atomic E-state index is 0.0738. The molecule has 2 aliphatic heterocycles. The van der Waals surface area contributed by atoms with Gasteiger partial charge in [0.2, 0.25) is 0 Å². The number of carbonyl (C=O) groups excluding carboxylic acids is 1. The van der Waals surface area contributed by atoms with Gasteiger partial charge in [-0.1, -0.05) is 35.6 Å². The molecule has 3 fully saturated rings. The van der Waals surface area contributed by atoms with Crippen LogP contribution in [0.25, 0.3) is 5.00 Å². The summed E-state index contributed by atoms with van der Waals surface area (Å²) < 4.78 is 14.0. The van der Waals surface area contributed by atoms with Crippen molar-refractivity contribution in [2.24, 2.45) is 16.3 Å². The number of rotatable bonds is 9. The molecule has 64 heavy (non-hydrogen) atoms. The number of piperidine rings is 1. The number of halogens is 1. The van der Waals surface area contributed by atoms with Crippen LogP contribution in [0.4, 0.5) is 11.5 Å². The quantitative estimate of drug-likeness (QED) is 0.135. The second kappa shape index (κ2) is 17.5.